The van der Waals surface area contributed by atoms with Gasteiger partial charge in [-0.15, -0.1) is 0 Å². The maximum atomic E-state index is 12.2. The average molecular weight is 342 g/mol. The zero-order valence-corrected chi connectivity index (χ0v) is 15.0. The fraction of sp³-hybridized carbons (Fsp3) is 0.533. The molecule has 0 aliphatic carbocycles. The van der Waals surface area contributed by atoms with Crippen LogP contribution in [0.5, 0.6) is 0 Å². The Morgan fingerprint density at radius 3 is 2.26 bits per heavy atom. The van der Waals surface area contributed by atoms with Crippen molar-refractivity contribution in [3.63, 3.8) is 0 Å². The fourth-order valence-corrected chi connectivity index (χ4v) is 2.85. The van der Waals surface area contributed by atoms with E-state index in [0.29, 0.717) is 25.2 Å². The molecule has 2 N–H and O–H groups in total. The molecule has 23 heavy (non-hydrogen) atoms. The lowest BCUT2D eigenvalue weighted by Gasteiger charge is -2.12. The number of nitrogens with one attached hydrogen (secondary N) is 2. The minimum Gasteiger partial charge on any atom is -0.351 e. The number of hydrogen-bond acceptors (Lipinski definition) is 5. The van der Waals surface area contributed by atoms with Crippen LogP contribution in [0.15, 0.2) is 29.2 Å². The Bertz CT molecular complexity index is 615. The van der Waals surface area contributed by atoms with Crippen LogP contribution in [0.25, 0.3) is 0 Å². The lowest BCUT2D eigenvalue weighted by Crippen LogP contribution is -2.32. The number of amides is 1. The predicted octanol–water partition coefficient (Wildman–Crippen LogP) is -0.182. The Labute approximate surface area is 138 Å². The van der Waals surface area contributed by atoms with Gasteiger partial charge in [-0.1, -0.05) is 6.07 Å². The first kappa shape index (κ1) is 19.6. The minimum absolute atomic E-state index is 0.0940. The SMILES string of the molecule is CN(C)CCNC(=O)c1cccc(S(=O)(=O)NCCN(C)C)c1. The van der Waals surface area contributed by atoms with Gasteiger partial charge in [-0.05, 0) is 46.4 Å². The lowest BCUT2D eigenvalue weighted by molar-refractivity contribution is 0.0951. The number of sulfonamides is 1. The Balaban J connectivity index is 2.73. The molecule has 0 heterocycles. The number of hydrogen-bond donors (Lipinski definition) is 2. The van der Waals surface area contributed by atoms with Gasteiger partial charge in [0.05, 0.1) is 4.90 Å². The summed E-state index contributed by atoms with van der Waals surface area (Å²) in [7, 11) is 3.96. The van der Waals surface area contributed by atoms with Gasteiger partial charge in [0.2, 0.25) is 10.0 Å². The first-order valence-electron chi connectivity index (χ1n) is 7.40. The second-order valence-electron chi connectivity index (χ2n) is 5.79. The van der Waals surface area contributed by atoms with Gasteiger partial charge in [0.25, 0.3) is 5.91 Å². The number of rotatable bonds is 9. The van der Waals surface area contributed by atoms with Crippen LogP contribution in [0, 0.1) is 0 Å². The summed E-state index contributed by atoms with van der Waals surface area (Å²) in [6, 6.07) is 6.04. The molecule has 0 spiro atoms. The van der Waals surface area contributed by atoms with E-state index < -0.39 is 10.0 Å². The third kappa shape index (κ3) is 7.08. The van der Waals surface area contributed by atoms with Crippen LogP contribution in [0.1, 0.15) is 10.4 Å². The number of nitrogens with zero attached hydrogens (tertiary/aromatic N) is 2. The minimum atomic E-state index is -3.61. The van der Waals surface area contributed by atoms with Crippen molar-refractivity contribution in [3.8, 4) is 0 Å². The van der Waals surface area contributed by atoms with Crippen molar-refractivity contribution in [2.75, 3.05) is 54.4 Å². The zero-order valence-electron chi connectivity index (χ0n) is 14.2. The third-order valence-corrected chi connectivity index (χ3v) is 4.56. The summed E-state index contributed by atoms with van der Waals surface area (Å²) in [4.78, 5) is 16.0. The maximum absolute atomic E-state index is 12.2. The normalized spacial score (nSPS) is 11.9. The van der Waals surface area contributed by atoms with Crippen molar-refractivity contribution in [2.45, 2.75) is 4.90 Å². The Kier molecular flexibility index (Phi) is 7.63. The second kappa shape index (κ2) is 8.97. The van der Waals surface area contributed by atoms with E-state index in [2.05, 4.69) is 10.0 Å². The van der Waals surface area contributed by atoms with Crippen molar-refractivity contribution in [2.24, 2.45) is 0 Å². The molecule has 0 saturated carbocycles. The van der Waals surface area contributed by atoms with Gasteiger partial charge in [-0.3, -0.25) is 4.79 Å². The highest BCUT2D eigenvalue weighted by Crippen LogP contribution is 2.11. The van der Waals surface area contributed by atoms with Crippen LogP contribution in [-0.2, 0) is 10.0 Å². The molecular formula is C15H26N4O3S. The molecule has 0 fully saturated rings. The van der Waals surface area contributed by atoms with E-state index in [1.54, 1.807) is 12.1 Å². The monoisotopic (exact) mass is 342 g/mol. The van der Waals surface area contributed by atoms with Crippen LogP contribution >= 0.6 is 0 Å². The number of benzene rings is 1. The molecule has 0 unspecified atom stereocenters. The first-order valence-corrected chi connectivity index (χ1v) is 8.88. The average Bonchev–Trinajstić information content (AvgIpc) is 2.46. The zero-order chi connectivity index (χ0) is 17.5. The molecule has 1 aromatic rings. The van der Waals surface area contributed by atoms with E-state index in [1.165, 1.54) is 12.1 Å². The molecule has 0 radical (unpaired) electrons. The van der Waals surface area contributed by atoms with Crippen LogP contribution in [-0.4, -0.2) is 78.5 Å². The summed E-state index contributed by atoms with van der Waals surface area (Å²) in [5, 5.41) is 2.76. The van der Waals surface area contributed by atoms with Crippen molar-refractivity contribution in [1.29, 1.82) is 0 Å². The second-order valence-corrected chi connectivity index (χ2v) is 7.56. The molecule has 1 rings (SSSR count). The van der Waals surface area contributed by atoms with Crippen molar-refractivity contribution < 1.29 is 13.2 Å². The highest BCUT2D eigenvalue weighted by molar-refractivity contribution is 7.89. The van der Waals surface area contributed by atoms with Gasteiger partial charge in [0.1, 0.15) is 0 Å². The van der Waals surface area contributed by atoms with Gasteiger partial charge in [-0.2, -0.15) is 0 Å². The summed E-state index contributed by atoms with van der Waals surface area (Å²) in [6.45, 7) is 2.14. The molecule has 130 valence electrons. The number of likely N-dealkylation sites (N-methyl/N-ethyl adjacent to an activating group) is 2. The third-order valence-electron chi connectivity index (χ3n) is 3.10. The van der Waals surface area contributed by atoms with Gasteiger partial charge >= 0.3 is 0 Å². The lowest BCUT2D eigenvalue weighted by atomic mass is 10.2. The van der Waals surface area contributed by atoms with E-state index in [9.17, 15) is 13.2 Å². The first-order chi connectivity index (χ1) is 10.7. The molecule has 0 saturated heterocycles. The van der Waals surface area contributed by atoms with Crippen molar-refractivity contribution in [1.82, 2.24) is 19.8 Å². The van der Waals surface area contributed by atoms with E-state index >= 15 is 0 Å². The molecule has 0 aliphatic rings. The fourth-order valence-electron chi connectivity index (χ4n) is 1.79. The molecule has 0 bridgehead atoms. The van der Waals surface area contributed by atoms with Crippen molar-refractivity contribution in [3.05, 3.63) is 29.8 Å². The van der Waals surface area contributed by atoms with Crippen LogP contribution in [0.2, 0.25) is 0 Å². The number of carbonyl (C=O) groups is 1. The van der Waals surface area contributed by atoms with Gasteiger partial charge in [-0.25, -0.2) is 13.1 Å². The Morgan fingerprint density at radius 1 is 1.04 bits per heavy atom. The summed E-state index contributed by atoms with van der Waals surface area (Å²) < 4.78 is 27.0. The summed E-state index contributed by atoms with van der Waals surface area (Å²) in [6.07, 6.45) is 0. The molecule has 0 aromatic heterocycles. The highest BCUT2D eigenvalue weighted by Gasteiger charge is 2.15. The summed E-state index contributed by atoms with van der Waals surface area (Å²) in [5.74, 6) is -0.280. The van der Waals surface area contributed by atoms with Gasteiger partial charge in [0, 0.05) is 31.7 Å². The molecule has 0 aliphatic heterocycles. The Morgan fingerprint density at radius 2 is 1.65 bits per heavy atom. The largest absolute Gasteiger partial charge is 0.351 e. The Hall–Kier alpha value is -1.48. The van der Waals surface area contributed by atoms with E-state index in [-0.39, 0.29) is 10.8 Å². The smallest absolute Gasteiger partial charge is 0.251 e. The van der Waals surface area contributed by atoms with Gasteiger partial charge in [0.15, 0.2) is 0 Å². The topological polar surface area (TPSA) is 81.8 Å². The van der Waals surface area contributed by atoms with Crippen LogP contribution in [0.4, 0.5) is 0 Å². The molecular weight excluding hydrogens is 316 g/mol. The van der Waals surface area contributed by atoms with Crippen LogP contribution in [0.3, 0.4) is 0 Å². The predicted molar refractivity (Wildman–Crippen MR) is 91.1 cm³/mol. The van der Waals surface area contributed by atoms with Gasteiger partial charge < -0.3 is 15.1 Å². The highest BCUT2D eigenvalue weighted by atomic mass is 32.2. The summed E-state index contributed by atoms with van der Waals surface area (Å²) in [5.41, 5.74) is 0.333. The van der Waals surface area contributed by atoms with E-state index in [1.807, 2.05) is 38.0 Å². The molecule has 7 nitrogen and oxygen atoms in total. The molecule has 8 heteroatoms. The molecule has 1 aromatic carbocycles. The van der Waals surface area contributed by atoms with Crippen molar-refractivity contribution >= 4 is 15.9 Å². The van der Waals surface area contributed by atoms with E-state index in [0.717, 1.165) is 6.54 Å². The quantitative estimate of drug-likeness (QED) is 0.650. The summed E-state index contributed by atoms with van der Waals surface area (Å²) >= 11 is 0. The maximum Gasteiger partial charge on any atom is 0.251 e. The molecule has 1 amide bonds. The number of carbonyl (C=O) groups excluding carboxylic acids is 1. The van der Waals surface area contributed by atoms with E-state index in [4.69, 9.17) is 0 Å². The standard InChI is InChI=1S/C15H26N4O3S/c1-18(2)10-8-16-15(20)13-6-5-7-14(12-13)23(21,22)17-9-11-19(3)4/h5-7,12,17H,8-11H2,1-4H3,(H,16,20). The molecule has 0 atom stereocenters. The van der Waals surface area contributed by atoms with Crippen LogP contribution < -0.4 is 10.0 Å².